The molecule has 1 unspecified atom stereocenters. The smallest absolute Gasteiger partial charge is 0.269 e. The van der Waals surface area contributed by atoms with Crippen LogP contribution < -0.4 is 10.6 Å². The van der Waals surface area contributed by atoms with Gasteiger partial charge in [-0.1, -0.05) is 6.07 Å². The molecule has 1 heterocycles. The Morgan fingerprint density at radius 1 is 0.914 bits per heavy atom. The van der Waals surface area contributed by atoms with Gasteiger partial charge in [0.15, 0.2) is 0 Å². The quantitative estimate of drug-likeness (QED) is 0.375. The number of nitro benzene ring substituents is 1. The molecule has 3 aromatic rings. The number of nitrogens with zero attached hydrogens (tertiary/aromatic N) is 1. The first-order valence-corrected chi connectivity index (χ1v) is 12.2. The van der Waals surface area contributed by atoms with E-state index in [0.29, 0.717) is 30.0 Å². The highest BCUT2D eigenvalue weighted by Crippen LogP contribution is 2.25. The summed E-state index contributed by atoms with van der Waals surface area (Å²) in [5.74, 6) is -0.700. The van der Waals surface area contributed by atoms with Gasteiger partial charge in [0.2, 0.25) is 9.84 Å². The van der Waals surface area contributed by atoms with Gasteiger partial charge in [0.05, 0.1) is 14.7 Å². The number of carbonyl (C=O) groups excluding carboxylic acids is 2. The number of nitrogens with one attached hydrogen (secondary N) is 2. The van der Waals surface area contributed by atoms with E-state index in [1.165, 1.54) is 42.5 Å². The molecule has 1 saturated heterocycles. The van der Waals surface area contributed by atoms with Gasteiger partial charge < -0.3 is 15.4 Å². The van der Waals surface area contributed by atoms with Crippen LogP contribution in [0.4, 0.5) is 17.1 Å². The predicted molar refractivity (Wildman–Crippen MR) is 127 cm³/mol. The molecular weight excluding hydrogens is 474 g/mol. The molecule has 0 aliphatic carbocycles. The van der Waals surface area contributed by atoms with E-state index in [4.69, 9.17) is 4.74 Å². The minimum atomic E-state index is -3.89. The van der Waals surface area contributed by atoms with Gasteiger partial charge in [-0.25, -0.2) is 8.42 Å². The summed E-state index contributed by atoms with van der Waals surface area (Å²) in [6.45, 7) is 0.550. The molecule has 1 aliphatic rings. The molecule has 1 fully saturated rings. The third-order valence-corrected chi connectivity index (χ3v) is 7.18. The second kappa shape index (κ2) is 10.0. The van der Waals surface area contributed by atoms with Crippen molar-refractivity contribution in [2.45, 2.75) is 28.7 Å². The Labute approximate surface area is 201 Å². The fraction of sp³-hybridized carbons (Fsp3) is 0.167. The zero-order valence-electron chi connectivity index (χ0n) is 18.3. The molecule has 10 nitrogen and oxygen atoms in total. The van der Waals surface area contributed by atoms with E-state index in [2.05, 4.69) is 10.6 Å². The van der Waals surface area contributed by atoms with E-state index < -0.39 is 26.8 Å². The van der Waals surface area contributed by atoms with Crippen LogP contribution in [0.15, 0.2) is 82.6 Å². The lowest BCUT2D eigenvalue weighted by Gasteiger charge is -2.12. The number of rotatable bonds is 7. The van der Waals surface area contributed by atoms with Gasteiger partial charge in [-0.3, -0.25) is 19.7 Å². The van der Waals surface area contributed by atoms with Crippen LogP contribution in [0.5, 0.6) is 0 Å². The van der Waals surface area contributed by atoms with Crippen LogP contribution in [-0.2, 0) is 19.4 Å². The highest BCUT2D eigenvalue weighted by atomic mass is 32.2. The zero-order valence-corrected chi connectivity index (χ0v) is 19.2. The Balaban J connectivity index is 1.43. The zero-order chi connectivity index (χ0) is 25.0. The Kier molecular flexibility index (Phi) is 6.90. The van der Waals surface area contributed by atoms with Crippen molar-refractivity contribution in [1.82, 2.24) is 0 Å². The lowest BCUT2D eigenvalue weighted by molar-refractivity contribution is -0.384. The Hall–Kier alpha value is -4.09. The molecule has 0 bridgehead atoms. The molecule has 0 aromatic heterocycles. The van der Waals surface area contributed by atoms with Crippen molar-refractivity contribution >= 4 is 38.7 Å². The fourth-order valence-corrected chi connectivity index (χ4v) is 4.81. The Morgan fingerprint density at radius 2 is 1.57 bits per heavy atom. The number of amides is 2. The summed E-state index contributed by atoms with van der Waals surface area (Å²) in [4.78, 5) is 35.0. The maximum absolute atomic E-state index is 12.8. The summed E-state index contributed by atoms with van der Waals surface area (Å²) in [5.41, 5.74) is 0.921. The number of non-ortho nitro benzene ring substituents is 1. The normalized spacial score (nSPS) is 15.4. The molecule has 2 amide bonds. The van der Waals surface area contributed by atoms with Crippen LogP contribution >= 0.6 is 0 Å². The van der Waals surface area contributed by atoms with E-state index in [9.17, 15) is 28.1 Å². The Bertz CT molecular complexity index is 1360. The third kappa shape index (κ3) is 5.53. The first kappa shape index (κ1) is 24.0. The maximum atomic E-state index is 12.8. The number of ether oxygens (including phenoxy) is 1. The van der Waals surface area contributed by atoms with Crippen LogP contribution in [0.3, 0.4) is 0 Å². The molecule has 2 N–H and O–H groups in total. The molecule has 180 valence electrons. The van der Waals surface area contributed by atoms with Crippen LogP contribution in [0, 0.1) is 10.1 Å². The summed E-state index contributed by atoms with van der Waals surface area (Å²) in [6, 6.07) is 16.6. The standard InChI is InChI=1S/C24H21N3O7S/c28-23(16-3-1-4-18(15-16)26-24(29)22-5-2-14-34-22)25-17-6-10-20(11-7-17)35(32,33)21-12-8-19(9-13-21)27(30)31/h1,3-4,6-13,15,22H,2,5,14H2,(H,25,28)(H,26,29). The van der Waals surface area contributed by atoms with Gasteiger partial charge in [-0.2, -0.15) is 0 Å². The van der Waals surface area contributed by atoms with Crippen molar-refractivity contribution in [3.8, 4) is 0 Å². The van der Waals surface area contributed by atoms with E-state index in [1.54, 1.807) is 18.2 Å². The predicted octanol–water partition coefficient (Wildman–Crippen LogP) is 3.80. The van der Waals surface area contributed by atoms with Crippen molar-refractivity contribution in [2.75, 3.05) is 17.2 Å². The SMILES string of the molecule is O=C(Nc1ccc(S(=O)(=O)c2ccc([N+](=O)[O-])cc2)cc1)c1cccc(NC(=O)C2CCCO2)c1. The van der Waals surface area contributed by atoms with Crippen LogP contribution in [-0.4, -0.2) is 37.9 Å². The summed E-state index contributed by atoms with van der Waals surface area (Å²) >= 11 is 0. The summed E-state index contributed by atoms with van der Waals surface area (Å²) in [6.07, 6.45) is 0.990. The van der Waals surface area contributed by atoms with Gasteiger partial charge in [0.1, 0.15) is 6.10 Å². The molecule has 4 rings (SSSR count). The number of anilines is 2. The third-order valence-electron chi connectivity index (χ3n) is 5.39. The largest absolute Gasteiger partial charge is 0.368 e. The van der Waals surface area contributed by atoms with Crippen molar-refractivity contribution < 1.29 is 27.7 Å². The molecule has 11 heteroatoms. The number of carbonyl (C=O) groups is 2. The van der Waals surface area contributed by atoms with Gasteiger partial charge in [0, 0.05) is 35.7 Å². The molecule has 0 saturated carbocycles. The summed E-state index contributed by atoms with van der Waals surface area (Å²) in [7, 11) is -3.89. The number of hydrogen-bond donors (Lipinski definition) is 2. The second-order valence-electron chi connectivity index (χ2n) is 7.80. The van der Waals surface area contributed by atoms with E-state index in [1.807, 2.05) is 0 Å². The lowest BCUT2D eigenvalue weighted by Crippen LogP contribution is -2.27. The second-order valence-corrected chi connectivity index (χ2v) is 9.75. The topological polar surface area (TPSA) is 145 Å². The van der Waals surface area contributed by atoms with Crippen LogP contribution in [0.25, 0.3) is 0 Å². The first-order valence-electron chi connectivity index (χ1n) is 10.7. The highest BCUT2D eigenvalue weighted by molar-refractivity contribution is 7.91. The van der Waals surface area contributed by atoms with Gasteiger partial charge in [-0.05, 0) is 67.4 Å². The molecule has 1 atom stereocenters. The van der Waals surface area contributed by atoms with Gasteiger partial charge >= 0.3 is 0 Å². The van der Waals surface area contributed by atoms with Gasteiger partial charge in [0.25, 0.3) is 17.5 Å². The number of nitro groups is 1. The van der Waals surface area contributed by atoms with Crippen LogP contribution in [0.1, 0.15) is 23.2 Å². The lowest BCUT2D eigenvalue weighted by atomic mass is 10.1. The summed E-state index contributed by atoms with van der Waals surface area (Å²) in [5, 5.41) is 16.2. The van der Waals surface area contributed by atoms with Crippen molar-refractivity contribution in [3.63, 3.8) is 0 Å². The van der Waals surface area contributed by atoms with Crippen molar-refractivity contribution in [3.05, 3.63) is 88.5 Å². The number of sulfone groups is 1. The Morgan fingerprint density at radius 3 is 2.17 bits per heavy atom. The molecule has 3 aromatic carbocycles. The molecular formula is C24H21N3O7S. The van der Waals surface area contributed by atoms with Crippen LogP contribution in [0.2, 0.25) is 0 Å². The number of hydrogen-bond acceptors (Lipinski definition) is 7. The fourth-order valence-electron chi connectivity index (χ4n) is 3.55. The molecule has 1 aliphatic heterocycles. The minimum absolute atomic E-state index is 0.0248. The van der Waals surface area contributed by atoms with E-state index >= 15 is 0 Å². The highest BCUT2D eigenvalue weighted by Gasteiger charge is 2.24. The average molecular weight is 496 g/mol. The average Bonchev–Trinajstić information content (AvgIpc) is 3.40. The van der Waals surface area contributed by atoms with E-state index in [0.717, 1.165) is 18.6 Å². The van der Waals surface area contributed by atoms with Crippen molar-refractivity contribution in [2.24, 2.45) is 0 Å². The molecule has 35 heavy (non-hydrogen) atoms. The summed E-state index contributed by atoms with van der Waals surface area (Å²) < 4.78 is 30.9. The maximum Gasteiger partial charge on any atom is 0.269 e. The monoisotopic (exact) mass is 495 g/mol. The minimum Gasteiger partial charge on any atom is -0.368 e. The number of benzene rings is 3. The molecule has 0 spiro atoms. The van der Waals surface area contributed by atoms with E-state index in [-0.39, 0.29) is 21.4 Å². The first-order chi connectivity index (χ1) is 16.7. The van der Waals surface area contributed by atoms with Gasteiger partial charge in [-0.15, -0.1) is 0 Å². The van der Waals surface area contributed by atoms with Crippen molar-refractivity contribution in [1.29, 1.82) is 0 Å². The molecule has 0 radical (unpaired) electrons.